The molecule has 0 spiro atoms. The molecule has 3 rings (SSSR count). The quantitative estimate of drug-likeness (QED) is 0.844. The molecule has 27 heavy (non-hydrogen) atoms. The Hall–Kier alpha value is -1.86. The Labute approximate surface area is 160 Å². The number of aryl methyl sites for hydroxylation is 2. The van der Waals surface area contributed by atoms with Crippen LogP contribution in [0.5, 0.6) is 0 Å². The fraction of sp³-hybridized carbons (Fsp3) is 0.700. The molecule has 150 valence electrons. The first kappa shape index (κ1) is 19.9. The molecule has 1 N–H and O–H groups in total. The van der Waals surface area contributed by atoms with Gasteiger partial charge in [-0.25, -0.2) is 0 Å². The standard InChI is InChI=1S/C20H31N3O4/c1-14-12-17(15(2)27-14)20(26)23-7-6-18(16(13-23)4-5-19(24)25)22-10-8-21(3)9-11-22/h12,16,18H,4-11,13H2,1-3H3,(H,24,25)/t16-,18+/m0/s1. The fourth-order valence-corrected chi connectivity index (χ4v) is 4.44. The molecule has 0 radical (unpaired) electrons. The third kappa shape index (κ3) is 4.71. The first-order valence-electron chi connectivity index (χ1n) is 9.86. The zero-order valence-electron chi connectivity index (χ0n) is 16.6. The molecule has 0 aliphatic carbocycles. The van der Waals surface area contributed by atoms with Crippen LogP contribution >= 0.6 is 0 Å². The average Bonchev–Trinajstić information content (AvgIpc) is 2.98. The molecule has 2 aliphatic rings. The normalized spacial score (nSPS) is 24.9. The van der Waals surface area contributed by atoms with Gasteiger partial charge in [-0.1, -0.05) is 0 Å². The zero-order chi connectivity index (χ0) is 19.6. The largest absolute Gasteiger partial charge is 0.481 e. The predicted molar refractivity (Wildman–Crippen MR) is 102 cm³/mol. The summed E-state index contributed by atoms with van der Waals surface area (Å²) in [6.07, 6.45) is 1.66. The van der Waals surface area contributed by atoms with Crippen molar-refractivity contribution in [3.63, 3.8) is 0 Å². The van der Waals surface area contributed by atoms with Gasteiger partial charge in [0.2, 0.25) is 0 Å². The van der Waals surface area contributed by atoms with Gasteiger partial charge in [0, 0.05) is 51.7 Å². The Balaban J connectivity index is 1.71. The van der Waals surface area contributed by atoms with Gasteiger partial charge in [-0.05, 0) is 45.7 Å². The van der Waals surface area contributed by atoms with Crippen LogP contribution < -0.4 is 0 Å². The van der Waals surface area contributed by atoms with E-state index in [1.165, 1.54) is 0 Å². The maximum Gasteiger partial charge on any atom is 0.303 e. The lowest BCUT2D eigenvalue weighted by molar-refractivity contribution is -0.137. The van der Waals surface area contributed by atoms with E-state index in [4.69, 9.17) is 9.52 Å². The number of rotatable bonds is 5. The van der Waals surface area contributed by atoms with E-state index in [1.807, 2.05) is 18.7 Å². The number of carboxylic acids is 1. The number of likely N-dealkylation sites (N-methyl/N-ethyl adjacent to an activating group) is 1. The topological polar surface area (TPSA) is 77.2 Å². The molecule has 7 nitrogen and oxygen atoms in total. The fourth-order valence-electron chi connectivity index (χ4n) is 4.44. The number of carboxylic acid groups (broad SMARTS) is 1. The molecule has 1 amide bonds. The van der Waals surface area contributed by atoms with Gasteiger partial charge in [0.1, 0.15) is 11.5 Å². The van der Waals surface area contributed by atoms with E-state index in [2.05, 4.69) is 16.8 Å². The van der Waals surface area contributed by atoms with E-state index in [1.54, 1.807) is 6.07 Å². The van der Waals surface area contributed by atoms with Crippen molar-refractivity contribution in [3.8, 4) is 0 Å². The van der Waals surface area contributed by atoms with Crippen molar-refractivity contribution in [2.75, 3.05) is 46.3 Å². The second-order valence-corrected chi connectivity index (χ2v) is 7.97. The first-order chi connectivity index (χ1) is 12.8. The van der Waals surface area contributed by atoms with Crippen LogP contribution in [-0.2, 0) is 4.79 Å². The summed E-state index contributed by atoms with van der Waals surface area (Å²) in [5.41, 5.74) is 0.627. The van der Waals surface area contributed by atoms with E-state index >= 15 is 0 Å². The van der Waals surface area contributed by atoms with Crippen molar-refractivity contribution in [2.45, 2.75) is 39.2 Å². The van der Waals surface area contributed by atoms with Crippen LogP contribution in [0, 0.1) is 19.8 Å². The highest BCUT2D eigenvalue weighted by Gasteiger charge is 2.36. The Bertz CT molecular complexity index is 679. The molecule has 2 atom stereocenters. The summed E-state index contributed by atoms with van der Waals surface area (Å²) in [5, 5.41) is 9.15. The van der Waals surface area contributed by atoms with Crippen molar-refractivity contribution in [1.82, 2.24) is 14.7 Å². The first-order valence-corrected chi connectivity index (χ1v) is 9.86. The maximum absolute atomic E-state index is 13.0. The molecule has 1 aromatic heterocycles. The summed E-state index contributed by atoms with van der Waals surface area (Å²) in [7, 11) is 2.13. The van der Waals surface area contributed by atoms with E-state index in [0.29, 0.717) is 36.9 Å². The van der Waals surface area contributed by atoms with Gasteiger partial charge in [-0.2, -0.15) is 0 Å². The number of hydrogen-bond acceptors (Lipinski definition) is 5. The molecule has 0 aromatic carbocycles. The van der Waals surface area contributed by atoms with Gasteiger partial charge < -0.3 is 19.3 Å². The zero-order valence-corrected chi connectivity index (χ0v) is 16.6. The number of carbonyl (C=O) groups excluding carboxylic acids is 1. The Morgan fingerprint density at radius 3 is 2.48 bits per heavy atom. The van der Waals surface area contributed by atoms with E-state index in [-0.39, 0.29) is 18.2 Å². The summed E-state index contributed by atoms with van der Waals surface area (Å²) in [6, 6.07) is 2.16. The van der Waals surface area contributed by atoms with Crippen molar-refractivity contribution >= 4 is 11.9 Å². The molecule has 2 saturated heterocycles. The Kier molecular flexibility index (Phi) is 6.22. The molecular weight excluding hydrogens is 346 g/mol. The highest BCUT2D eigenvalue weighted by Crippen LogP contribution is 2.29. The average molecular weight is 377 g/mol. The van der Waals surface area contributed by atoms with Gasteiger partial charge in [0.05, 0.1) is 5.56 Å². The van der Waals surface area contributed by atoms with Crippen LogP contribution in [0.25, 0.3) is 0 Å². The van der Waals surface area contributed by atoms with Crippen molar-refractivity contribution in [2.24, 2.45) is 5.92 Å². The van der Waals surface area contributed by atoms with Crippen LogP contribution in [0.4, 0.5) is 0 Å². The number of hydrogen-bond donors (Lipinski definition) is 1. The highest BCUT2D eigenvalue weighted by molar-refractivity contribution is 5.95. The summed E-state index contributed by atoms with van der Waals surface area (Å²) < 4.78 is 5.52. The molecule has 3 heterocycles. The minimum absolute atomic E-state index is 0.00139. The minimum atomic E-state index is -0.767. The summed E-state index contributed by atoms with van der Waals surface area (Å²) in [5.74, 6) is 0.820. The number of furan rings is 1. The second-order valence-electron chi connectivity index (χ2n) is 7.97. The van der Waals surface area contributed by atoms with Crippen molar-refractivity contribution in [1.29, 1.82) is 0 Å². The van der Waals surface area contributed by atoms with Crippen LogP contribution in [-0.4, -0.2) is 84.0 Å². The number of piperazine rings is 1. The predicted octanol–water partition coefficient (Wildman–Crippen LogP) is 1.84. The Morgan fingerprint density at radius 2 is 1.89 bits per heavy atom. The summed E-state index contributed by atoms with van der Waals surface area (Å²) >= 11 is 0. The van der Waals surface area contributed by atoms with E-state index in [9.17, 15) is 9.59 Å². The van der Waals surface area contributed by atoms with Gasteiger partial charge in [0.25, 0.3) is 5.91 Å². The second kappa shape index (κ2) is 8.44. The van der Waals surface area contributed by atoms with Gasteiger partial charge in [-0.3, -0.25) is 14.5 Å². The van der Waals surface area contributed by atoms with Gasteiger partial charge in [-0.15, -0.1) is 0 Å². The van der Waals surface area contributed by atoms with Crippen LogP contribution in [0.15, 0.2) is 10.5 Å². The number of aliphatic carboxylic acids is 1. The minimum Gasteiger partial charge on any atom is -0.481 e. The monoisotopic (exact) mass is 377 g/mol. The lowest BCUT2D eigenvalue weighted by Gasteiger charge is -2.46. The number of piperidine rings is 1. The van der Waals surface area contributed by atoms with E-state index < -0.39 is 5.97 Å². The van der Waals surface area contributed by atoms with Crippen molar-refractivity contribution in [3.05, 3.63) is 23.2 Å². The molecule has 0 unspecified atom stereocenters. The molecule has 2 aliphatic heterocycles. The molecule has 7 heteroatoms. The number of amides is 1. The number of likely N-dealkylation sites (tertiary alicyclic amines) is 1. The van der Waals surface area contributed by atoms with Gasteiger partial charge >= 0.3 is 5.97 Å². The Morgan fingerprint density at radius 1 is 1.19 bits per heavy atom. The van der Waals surface area contributed by atoms with Crippen LogP contribution in [0.3, 0.4) is 0 Å². The number of carbonyl (C=O) groups is 2. The van der Waals surface area contributed by atoms with Crippen molar-refractivity contribution < 1.29 is 19.1 Å². The molecule has 0 saturated carbocycles. The molecule has 1 aromatic rings. The smallest absolute Gasteiger partial charge is 0.303 e. The third-order valence-electron chi connectivity index (χ3n) is 5.99. The van der Waals surface area contributed by atoms with Crippen LogP contribution in [0.2, 0.25) is 0 Å². The third-order valence-corrected chi connectivity index (χ3v) is 5.99. The SMILES string of the molecule is Cc1cc(C(=O)N2CC[C@@H](N3CCN(C)CC3)[C@@H](CCC(=O)O)C2)c(C)o1. The summed E-state index contributed by atoms with van der Waals surface area (Å²) in [6.45, 7) is 9.10. The van der Waals surface area contributed by atoms with E-state index in [0.717, 1.165) is 38.4 Å². The maximum atomic E-state index is 13.0. The lowest BCUT2D eigenvalue weighted by Crippen LogP contribution is -2.57. The van der Waals surface area contributed by atoms with Gasteiger partial charge in [0.15, 0.2) is 0 Å². The molecule has 0 bridgehead atoms. The van der Waals surface area contributed by atoms with Crippen LogP contribution in [0.1, 0.15) is 41.1 Å². The lowest BCUT2D eigenvalue weighted by atomic mass is 9.86. The number of nitrogens with zero attached hydrogens (tertiary/aromatic N) is 3. The summed E-state index contributed by atoms with van der Waals surface area (Å²) in [4.78, 5) is 30.8. The molecule has 2 fully saturated rings. The molecular formula is C20H31N3O4. The highest BCUT2D eigenvalue weighted by atomic mass is 16.4.